The monoisotopic (exact) mass is 426 g/mol. The molecule has 0 unspecified atom stereocenters. The van der Waals surface area contributed by atoms with Gasteiger partial charge in [-0.1, -0.05) is 29.4 Å². The molecule has 4 rings (SSSR count). The molecule has 2 aromatic heterocycles. The van der Waals surface area contributed by atoms with Crippen molar-refractivity contribution in [3.63, 3.8) is 0 Å². The number of carbonyl (C=O) groups excluding carboxylic acids is 1. The number of pyridine rings is 1. The van der Waals surface area contributed by atoms with Crippen molar-refractivity contribution in [2.45, 2.75) is 19.0 Å². The molecule has 4 aromatic rings. The van der Waals surface area contributed by atoms with Crippen LogP contribution in [0, 0.1) is 13.8 Å². The van der Waals surface area contributed by atoms with Crippen LogP contribution < -0.4 is 10.1 Å². The van der Waals surface area contributed by atoms with E-state index in [2.05, 4.69) is 15.5 Å². The van der Waals surface area contributed by atoms with Crippen LogP contribution in [-0.2, 0) is 4.79 Å². The molecule has 2 heterocycles. The first-order valence-electron chi connectivity index (χ1n) is 8.97. The van der Waals surface area contributed by atoms with Crippen molar-refractivity contribution in [1.29, 1.82) is 0 Å². The number of rotatable bonds is 5. The quantitative estimate of drug-likeness (QED) is 0.460. The molecule has 0 aliphatic heterocycles. The van der Waals surface area contributed by atoms with Crippen LogP contribution in [0.5, 0.6) is 5.75 Å². The zero-order valence-electron chi connectivity index (χ0n) is 16.2. The summed E-state index contributed by atoms with van der Waals surface area (Å²) in [7, 11) is 1.64. The maximum Gasteiger partial charge on any atom is 0.234 e. The molecule has 0 fully saturated rings. The molecule has 148 valence electrons. The molecule has 2 aromatic carbocycles. The third-order valence-corrected chi connectivity index (χ3v) is 6.00. The first-order chi connectivity index (χ1) is 14.0. The van der Waals surface area contributed by atoms with Crippen molar-refractivity contribution in [1.82, 2.24) is 14.6 Å². The Hall–Kier alpha value is -2.77. The highest BCUT2D eigenvalue weighted by molar-refractivity contribution is 7.99. The number of nitrogens with zero attached hydrogens (tertiary/aromatic N) is 3. The minimum atomic E-state index is -0.138. The minimum Gasteiger partial charge on any atom is -0.497 e. The van der Waals surface area contributed by atoms with E-state index in [1.807, 2.05) is 54.6 Å². The third kappa shape index (κ3) is 3.88. The van der Waals surface area contributed by atoms with E-state index >= 15 is 0 Å². The number of methoxy groups -OCH3 is 1. The topological polar surface area (TPSA) is 68.5 Å². The number of halogens is 1. The fourth-order valence-corrected chi connectivity index (χ4v) is 4.05. The number of thioether (sulfide) groups is 1. The zero-order valence-corrected chi connectivity index (χ0v) is 17.8. The lowest BCUT2D eigenvalue weighted by Gasteiger charge is -2.09. The Morgan fingerprint density at radius 2 is 1.97 bits per heavy atom. The van der Waals surface area contributed by atoms with Gasteiger partial charge in [0.1, 0.15) is 5.75 Å². The molecule has 0 aliphatic carbocycles. The van der Waals surface area contributed by atoms with E-state index in [1.54, 1.807) is 13.2 Å². The maximum atomic E-state index is 12.4. The van der Waals surface area contributed by atoms with Gasteiger partial charge in [-0.15, -0.1) is 10.2 Å². The van der Waals surface area contributed by atoms with Gasteiger partial charge in [0.25, 0.3) is 0 Å². The molecule has 0 radical (unpaired) electrons. The van der Waals surface area contributed by atoms with Crippen molar-refractivity contribution in [2.24, 2.45) is 0 Å². The number of anilines is 1. The van der Waals surface area contributed by atoms with Crippen LogP contribution in [0.4, 0.5) is 5.69 Å². The van der Waals surface area contributed by atoms with Crippen LogP contribution in [0.15, 0.2) is 47.6 Å². The van der Waals surface area contributed by atoms with Crippen LogP contribution in [0.2, 0.25) is 5.02 Å². The SMILES string of the molecule is COc1ccc2c(C)cc3nnc(SCC(=O)Nc4ccc(C)c(Cl)c4)n3c2c1. The summed E-state index contributed by atoms with van der Waals surface area (Å²) in [6, 6.07) is 13.3. The molecule has 0 saturated heterocycles. The van der Waals surface area contributed by atoms with Crippen LogP contribution in [-0.4, -0.2) is 33.4 Å². The van der Waals surface area contributed by atoms with Gasteiger partial charge in [0.15, 0.2) is 10.8 Å². The Balaban J connectivity index is 1.60. The summed E-state index contributed by atoms with van der Waals surface area (Å²) in [4.78, 5) is 12.4. The van der Waals surface area contributed by atoms with Gasteiger partial charge < -0.3 is 10.1 Å². The van der Waals surface area contributed by atoms with Crippen molar-refractivity contribution in [2.75, 3.05) is 18.2 Å². The highest BCUT2D eigenvalue weighted by Gasteiger charge is 2.14. The predicted molar refractivity (Wildman–Crippen MR) is 117 cm³/mol. The highest BCUT2D eigenvalue weighted by atomic mass is 35.5. The Morgan fingerprint density at radius 1 is 1.14 bits per heavy atom. The first kappa shape index (κ1) is 19.5. The first-order valence-corrected chi connectivity index (χ1v) is 10.3. The average molecular weight is 427 g/mol. The molecule has 6 nitrogen and oxygen atoms in total. The van der Waals surface area contributed by atoms with Gasteiger partial charge in [0.05, 0.1) is 18.4 Å². The van der Waals surface area contributed by atoms with Gasteiger partial charge in [-0.3, -0.25) is 9.20 Å². The van der Waals surface area contributed by atoms with Gasteiger partial charge in [0.2, 0.25) is 5.91 Å². The van der Waals surface area contributed by atoms with Crippen molar-refractivity contribution in [3.8, 4) is 5.75 Å². The lowest BCUT2D eigenvalue weighted by molar-refractivity contribution is -0.113. The molecule has 8 heteroatoms. The Kier molecular flexibility index (Phi) is 5.34. The third-order valence-electron chi connectivity index (χ3n) is 4.66. The minimum absolute atomic E-state index is 0.138. The van der Waals surface area contributed by atoms with E-state index < -0.39 is 0 Å². The smallest absolute Gasteiger partial charge is 0.234 e. The standard InChI is InChI=1S/C21H19ClN4O2S/c1-12-4-5-14(9-17(12)22)23-20(27)11-29-21-25-24-19-8-13(2)16-7-6-15(28-3)10-18(16)26(19)21/h4-10H,11H2,1-3H3,(H,23,27). The number of amides is 1. The summed E-state index contributed by atoms with van der Waals surface area (Å²) in [5.74, 6) is 0.815. The molecular formula is C21H19ClN4O2S. The van der Waals surface area contributed by atoms with Gasteiger partial charge in [-0.25, -0.2) is 0 Å². The predicted octanol–water partition coefficient (Wildman–Crippen LogP) is 4.89. The summed E-state index contributed by atoms with van der Waals surface area (Å²) < 4.78 is 7.32. The summed E-state index contributed by atoms with van der Waals surface area (Å²) in [5, 5.41) is 13.8. The van der Waals surface area contributed by atoms with Crippen LogP contribution in [0.3, 0.4) is 0 Å². The van der Waals surface area contributed by atoms with Crippen molar-refractivity contribution in [3.05, 3.63) is 58.6 Å². The molecule has 0 aliphatic rings. The van der Waals surface area contributed by atoms with E-state index in [4.69, 9.17) is 16.3 Å². The molecule has 0 saturated carbocycles. The number of aromatic nitrogens is 3. The second-order valence-corrected chi connectivity index (χ2v) is 8.04. The normalized spacial score (nSPS) is 11.2. The van der Waals surface area contributed by atoms with Gasteiger partial charge in [-0.2, -0.15) is 0 Å². The number of hydrogen-bond donors (Lipinski definition) is 1. The lowest BCUT2D eigenvalue weighted by Crippen LogP contribution is -2.14. The second kappa shape index (κ2) is 7.93. The molecule has 0 atom stereocenters. The summed E-state index contributed by atoms with van der Waals surface area (Å²) in [6.07, 6.45) is 0. The Morgan fingerprint density at radius 3 is 2.72 bits per heavy atom. The molecule has 1 amide bonds. The van der Waals surface area contributed by atoms with Gasteiger partial charge in [-0.05, 0) is 55.3 Å². The van der Waals surface area contributed by atoms with E-state index in [9.17, 15) is 4.79 Å². The fourth-order valence-electron chi connectivity index (χ4n) is 3.12. The number of aryl methyl sites for hydroxylation is 2. The average Bonchev–Trinajstić information content (AvgIpc) is 3.12. The number of carbonyl (C=O) groups is 1. The fraction of sp³-hybridized carbons (Fsp3) is 0.190. The highest BCUT2D eigenvalue weighted by Crippen LogP contribution is 2.29. The summed E-state index contributed by atoms with van der Waals surface area (Å²) in [6.45, 7) is 3.96. The number of fused-ring (bicyclic) bond motifs is 3. The number of hydrogen-bond acceptors (Lipinski definition) is 5. The van der Waals surface area contributed by atoms with Crippen LogP contribution in [0.25, 0.3) is 16.6 Å². The summed E-state index contributed by atoms with van der Waals surface area (Å²) >= 11 is 7.45. The summed E-state index contributed by atoms with van der Waals surface area (Å²) in [5.41, 5.74) is 4.41. The largest absolute Gasteiger partial charge is 0.497 e. The molecule has 0 spiro atoms. The lowest BCUT2D eigenvalue weighted by atomic mass is 10.1. The number of benzene rings is 2. The van der Waals surface area contributed by atoms with E-state index in [-0.39, 0.29) is 11.7 Å². The maximum absolute atomic E-state index is 12.4. The van der Waals surface area contributed by atoms with Gasteiger partial charge >= 0.3 is 0 Å². The number of ether oxygens (including phenoxy) is 1. The van der Waals surface area contributed by atoms with E-state index in [1.165, 1.54) is 11.8 Å². The van der Waals surface area contributed by atoms with Gasteiger partial charge in [0, 0.05) is 22.2 Å². The van der Waals surface area contributed by atoms with Crippen molar-refractivity contribution >= 4 is 51.5 Å². The molecular weight excluding hydrogens is 408 g/mol. The van der Waals surface area contributed by atoms with Crippen molar-refractivity contribution < 1.29 is 9.53 Å². The molecule has 29 heavy (non-hydrogen) atoms. The number of nitrogens with one attached hydrogen (secondary N) is 1. The Labute approximate surface area is 177 Å². The van der Waals surface area contributed by atoms with E-state index in [0.29, 0.717) is 15.9 Å². The van der Waals surface area contributed by atoms with Crippen LogP contribution in [0.1, 0.15) is 11.1 Å². The molecule has 0 bridgehead atoms. The second-order valence-electron chi connectivity index (χ2n) is 6.69. The zero-order chi connectivity index (χ0) is 20.5. The Bertz CT molecular complexity index is 1240. The molecule has 1 N–H and O–H groups in total. The van der Waals surface area contributed by atoms with E-state index in [0.717, 1.165) is 33.4 Å². The van der Waals surface area contributed by atoms with Crippen LogP contribution >= 0.6 is 23.4 Å².